The Hall–Kier alpha value is -3.11. The third-order valence-electron chi connectivity index (χ3n) is 3.99. The Morgan fingerprint density at radius 2 is 1.70 bits per heavy atom. The molecule has 0 radical (unpaired) electrons. The van der Waals surface area contributed by atoms with Crippen LogP contribution in [0.4, 0.5) is 5.69 Å². The summed E-state index contributed by atoms with van der Waals surface area (Å²) in [5.74, 6) is -0.981. The smallest absolute Gasteiger partial charge is 0.331 e. The van der Waals surface area contributed by atoms with Gasteiger partial charge in [-0.05, 0) is 42.1 Å². The molecule has 136 valence electrons. The molecule has 0 saturated carbocycles. The maximum Gasteiger partial charge on any atom is 0.331 e. The van der Waals surface area contributed by atoms with Crippen LogP contribution in [0.2, 0.25) is 5.02 Å². The normalized spacial score (nSPS) is 12.1. The molecular formula is C22H18ClNO3. The second-order valence-corrected chi connectivity index (χ2v) is 6.42. The van der Waals surface area contributed by atoms with Crippen molar-refractivity contribution in [2.45, 2.75) is 13.0 Å². The van der Waals surface area contributed by atoms with Crippen LogP contribution in [0.3, 0.4) is 0 Å². The second-order valence-electron chi connectivity index (χ2n) is 5.98. The summed E-state index contributed by atoms with van der Waals surface area (Å²) in [6, 6.07) is 20.4. The first-order chi connectivity index (χ1) is 13.0. The van der Waals surface area contributed by atoms with Crippen LogP contribution in [-0.4, -0.2) is 18.0 Å². The van der Waals surface area contributed by atoms with E-state index >= 15 is 0 Å². The van der Waals surface area contributed by atoms with Crippen LogP contribution in [0, 0.1) is 0 Å². The van der Waals surface area contributed by atoms with Crippen molar-refractivity contribution in [2.75, 3.05) is 5.32 Å². The van der Waals surface area contributed by atoms with Gasteiger partial charge in [0.1, 0.15) is 0 Å². The minimum atomic E-state index is -0.925. The van der Waals surface area contributed by atoms with Crippen molar-refractivity contribution in [1.29, 1.82) is 0 Å². The number of benzene rings is 3. The summed E-state index contributed by atoms with van der Waals surface area (Å²) in [4.78, 5) is 24.3. The van der Waals surface area contributed by atoms with Gasteiger partial charge in [0.25, 0.3) is 5.91 Å². The lowest BCUT2D eigenvalue weighted by atomic mass is 10.1. The Kier molecular flexibility index (Phi) is 5.89. The molecule has 3 rings (SSSR count). The van der Waals surface area contributed by atoms with Crippen LogP contribution in [0.15, 0.2) is 72.8 Å². The third kappa shape index (κ3) is 4.96. The largest absolute Gasteiger partial charge is 0.449 e. The summed E-state index contributed by atoms with van der Waals surface area (Å²) < 4.78 is 5.18. The monoisotopic (exact) mass is 379 g/mol. The van der Waals surface area contributed by atoms with Crippen molar-refractivity contribution in [2.24, 2.45) is 0 Å². The highest BCUT2D eigenvalue weighted by molar-refractivity contribution is 6.30. The number of rotatable bonds is 5. The number of hydrogen-bond acceptors (Lipinski definition) is 3. The summed E-state index contributed by atoms with van der Waals surface area (Å²) >= 11 is 5.82. The van der Waals surface area contributed by atoms with Crippen LogP contribution in [0.5, 0.6) is 0 Å². The number of carbonyl (C=O) groups is 2. The topological polar surface area (TPSA) is 55.4 Å². The highest BCUT2D eigenvalue weighted by Crippen LogP contribution is 2.23. The van der Waals surface area contributed by atoms with Crippen LogP contribution in [-0.2, 0) is 14.3 Å². The number of esters is 1. The lowest BCUT2D eigenvalue weighted by molar-refractivity contribution is -0.148. The molecule has 0 heterocycles. The molecule has 3 aromatic rings. The highest BCUT2D eigenvalue weighted by Gasteiger charge is 2.17. The molecule has 0 spiro atoms. The summed E-state index contributed by atoms with van der Waals surface area (Å²) in [7, 11) is 0. The van der Waals surface area contributed by atoms with Gasteiger partial charge in [-0.3, -0.25) is 4.79 Å². The van der Waals surface area contributed by atoms with Gasteiger partial charge in [-0.15, -0.1) is 0 Å². The fourth-order valence-corrected chi connectivity index (χ4v) is 2.70. The van der Waals surface area contributed by atoms with E-state index in [0.29, 0.717) is 10.7 Å². The SMILES string of the molecule is C[C@@H](OC(=O)/C=C/c1ccc(Cl)cc1)C(=O)Nc1cccc2ccccc12. The Balaban J connectivity index is 1.61. The maximum atomic E-state index is 12.4. The number of fused-ring (bicyclic) bond motifs is 1. The molecule has 27 heavy (non-hydrogen) atoms. The molecule has 0 aliphatic carbocycles. The molecule has 4 nitrogen and oxygen atoms in total. The van der Waals surface area contributed by atoms with Gasteiger partial charge < -0.3 is 10.1 Å². The molecule has 1 amide bonds. The van der Waals surface area contributed by atoms with E-state index in [-0.39, 0.29) is 5.91 Å². The first-order valence-corrected chi connectivity index (χ1v) is 8.83. The maximum absolute atomic E-state index is 12.4. The van der Waals surface area contributed by atoms with Crippen LogP contribution in [0.1, 0.15) is 12.5 Å². The standard InChI is InChI=1S/C22H18ClNO3/c1-15(27-21(25)14-11-16-9-12-18(23)13-10-16)22(26)24-20-8-4-6-17-5-2-3-7-19(17)20/h2-15H,1H3,(H,24,26)/b14-11+/t15-/m1/s1. The Bertz CT molecular complexity index is 991. The molecule has 5 heteroatoms. The molecule has 0 fully saturated rings. The van der Waals surface area contributed by atoms with Gasteiger partial charge >= 0.3 is 5.97 Å². The summed E-state index contributed by atoms with van der Waals surface area (Å²) in [6.45, 7) is 1.54. The predicted octanol–water partition coefficient (Wildman–Crippen LogP) is 5.08. The van der Waals surface area contributed by atoms with Gasteiger partial charge in [-0.1, -0.05) is 60.1 Å². The van der Waals surface area contributed by atoms with E-state index in [1.165, 1.54) is 13.0 Å². The van der Waals surface area contributed by atoms with Gasteiger partial charge in [-0.25, -0.2) is 4.79 Å². The molecule has 1 N–H and O–H groups in total. The fraction of sp³-hybridized carbons (Fsp3) is 0.0909. The number of carbonyl (C=O) groups excluding carboxylic acids is 2. The van der Waals surface area contributed by atoms with Crippen molar-refractivity contribution in [3.63, 3.8) is 0 Å². The number of nitrogens with one attached hydrogen (secondary N) is 1. The molecule has 3 aromatic carbocycles. The molecule has 0 aromatic heterocycles. The van der Waals surface area contributed by atoms with Crippen molar-refractivity contribution < 1.29 is 14.3 Å². The van der Waals surface area contributed by atoms with Gasteiger partial charge in [0.05, 0.1) is 0 Å². The first-order valence-electron chi connectivity index (χ1n) is 8.46. The van der Waals surface area contributed by atoms with Crippen molar-refractivity contribution in [3.8, 4) is 0 Å². The number of hydrogen-bond donors (Lipinski definition) is 1. The first kappa shape index (κ1) is 18.7. The van der Waals surface area contributed by atoms with E-state index in [9.17, 15) is 9.59 Å². The number of amides is 1. The van der Waals surface area contributed by atoms with Gasteiger partial charge in [-0.2, -0.15) is 0 Å². The Morgan fingerprint density at radius 1 is 1.00 bits per heavy atom. The number of anilines is 1. The summed E-state index contributed by atoms with van der Waals surface area (Å²) in [6.07, 6.45) is 1.96. The average molecular weight is 380 g/mol. The summed E-state index contributed by atoms with van der Waals surface area (Å²) in [5.41, 5.74) is 1.49. The zero-order chi connectivity index (χ0) is 19.2. The molecule has 1 atom stereocenters. The van der Waals surface area contributed by atoms with Gasteiger partial charge in [0, 0.05) is 22.2 Å². The number of halogens is 1. The molecule has 0 saturated heterocycles. The van der Waals surface area contributed by atoms with Crippen molar-refractivity contribution in [1.82, 2.24) is 0 Å². The van der Waals surface area contributed by atoms with E-state index < -0.39 is 12.1 Å². The summed E-state index contributed by atoms with van der Waals surface area (Å²) in [5, 5.41) is 5.38. The molecule has 0 aliphatic rings. The third-order valence-corrected chi connectivity index (χ3v) is 4.24. The number of ether oxygens (including phenoxy) is 1. The molecular weight excluding hydrogens is 362 g/mol. The predicted molar refractivity (Wildman–Crippen MR) is 109 cm³/mol. The lowest BCUT2D eigenvalue weighted by Gasteiger charge is -2.13. The minimum absolute atomic E-state index is 0.389. The van der Waals surface area contributed by atoms with Crippen molar-refractivity contribution in [3.05, 3.63) is 83.4 Å². The molecule has 0 aliphatic heterocycles. The lowest BCUT2D eigenvalue weighted by Crippen LogP contribution is -2.29. The van der Waals surface area contributed by atoms with E-state index in [2.05, 4.69) is 5.32 Å². The van der Waals surface area contributed by atoms with Gasteiger partial charge in [0.2, 0.25) is 0 Å². The van der Waals surface area contributed by atoms with E-state index in [0.717, 1.165) is 16.3 Å². The van der Waals surface area contributed by atoms with Crippen LogP contribution in [0.25, 0.3) is 16.8 Å². The fourth-order valence-electron chi connectivity index (χ4n) is 2.57. The Morgan fingerprint density at radius 3 is 2.48 bits per heavy atom. The van der Waals surface area contributed by atoms with Gasteiger partial charge in [0.15, 0.2) is 6.10 Å². The molecule has 0 unspecified atom stereocenters. The zero-order valence-electron chi connectivity index (χ0n) is 14.7. The van der Waals surface area contributed by atoms with Crippen LogP contribution < -0.4 is 5.32 Å². The highest BCUT2D eigenvalue weighted by atomic mass is 35.5. The average Bonchev–Trinajstić information content (AvgIpc) is 2.68. The molecule has 0 bridgehead atoms. The minimum Gasteiger partial charge on any atom is -0.449 e. The van der Waals surface area contributed by atoms with E-state index in [4.69, 9.17) is 16.3 Å². The van der Waals surface area contributed by atoms with Crippen LogP contribution >= 0.6 is 11.6 Å². The second kappa shape index (κ2) is 8.52. The van der Waals surface area contributed by atoms with E-state index in [1.807, 2.05) is 42.5 Å². The van der Waals surface area contributed by atoms with Crippen molar-refractivity contribution >= 4 is 46.0 Å². The van der Waals surface area contributed by atoms with E-state index in [1.54, 1.807) is 30.3 Å². The quantitative estimate of drug-likeness (QED) is 0.497. The Labute approximate surface area is 162 Å². The zero-order valence-corrected chi connectivity index (χ0v) is 15.4.